The smallest absolute Gasteiger partial charge is 0.251 e. The third-order valence-electron chi connectivity index (χ3n) is 4.16. The van der Waals surface area contributed by atoms with Crippen molar-refractivity contribution in [2.75, 3.05) is 0 Å². The highest BCUT2D eigenvalue weighted by Gasteiger charge is 2.20. The molecule has 2 unspecified atom stereocenters. The Balaban J connectivity index is 1.96. The van der Waals surface area contributed by atoms with Crippen LogP contribution in [0.5, 0.6) is 0 Å². The molecule has 118 valence electrons. The lowest BCUT2D eigenvalue weighted by Crippen LogP contribution is -2.33. The monoisotopic (exact) mass is 309 g/mol. The predicted octanol–water partition coefficient (Wildman–Crippen LogP) is 3.47. The van der Waals surface area contributed by atoms with E-state index in [1.165, 1.54) is 57.4 Å². The molecule has 1 aromatic heterocycles. The van der Waals surface area contributed by atoms with Gasteiger partial charge in [0.05, 0.1) is 0 Å². The highest BCUT2D eigenvalue weighted by molar-refractivity contribution is 7.99. The second-order valence-electron chi connectivity index (χ2n) is 5.97. The molecule has 0 saturated heterocycles. The molecule has 2 rings (SSSR count). The minimum atomic E-state index is -0.0887. The lowest BCUT2D eigenvalue weighted by Gasteiger charge is -2.23. The first-order valence-electron chi connectivity index (χ1n) is 8.23. The minimum Gasteiger partial charge on any atom is -0.327 e. The van der Waals surface area contributed by atoms with E-state index in [9.17, 15) is 4.79 Å². The van der Waals surface area contributed by atoms with Crippen molar-refractivity contribution in [2.45, 2.75) is 80.7 Å². The van der Waals surface area contributed by atoms with Crippen LogP contribution in [0, 0.1) is 0 Å². The quantitative estimate of drug-likeness (QED) is 0.821. The summed E-state index contributed by atoms with van der Waals surface area (Å²) in [6, 6.07) is 1.64. The third-order valence-corrected chi connectivity index (χ3v) is 5.48. The molecule has 0 spiro atoms. The van der Waals surface area contributed by atoms with Crippen molar-refractivity contribution < 1.29 is 0 Å². The van der Waals surface area contributed by atoms with Gasteiger partial charge in [0, 0.05) is 23.6 Å². The van der Waals surface area contributed by atoms with Crippen LogP contribution in [0.4, 0.5) is 0 Å². The van der Waals surface area contributed by atoms with Gasteiger partial charge in [-0.15, -0.1) is 0 Å². The van der Waals surface area contributed by atoms with Crippen LogP contribution in [-0.2, 0) is 0 Å². The fraction of sp³-hybridized carbons (Fsp3) is 0.750. The zero-order valence-corrected chi connectivity index (χ0v) is 13.5. The van der Waals surface area contributed by atoms with Crippen LogP contribution in [0.2, 0.25) is 0 Å². The van der Waals surface area contributed by atoms with E-state index >= 15 is 0 Å². The van der Waals surface area contributed by atoms with Gasteiger partial charge in [0.2, 0.25) is 0 Å². The molecule has 0 amide bonds. The van der Waals surface area contributed by atoms with E-state index in [0.29, 0.717) is 10.4 Å². The molecule has 4 nitrogen and oxygen atoms in total. The Kier molecular flexibility index (Phi) is 7.30. The number of nitrogens with one attached hydrogen (secondary N) is 1. The molecule has 21 heavy (non-hydrogen) atoms. The van der Waals surface area contributed by atoms with Crippen LogP contribution >= 0.6 is 11.8 Å². The Hall–Kier alpha value is -0.810. The Morgan fingerprint density at radius 2 is 1.67 bits per heavy atom. The molecule has 1 aliphatic rings. The number of H-pyrrole nitrogens is 1. The maximum atomic E-state index is 11.4. The van der Waals surface area contributed by atoms with Gasteiger partial charge in [0.15, 0.2) is 5.16 Å². The van der Waals surface area contributed by atoms with E-state index in [1.807, 2.05) is 0 Å². The topological polar surface area (TPSA) is 71.8 Å². The molecule has 1 heterocycles. The molecule has 1 aliphatic carbocycles. The average molecular weight is 309 g/mol. The highest BCUT2D eigenvalue weighted by Crippen LogP contribution is 2.28. The number of nitrogens with two attached hydrogens (primary N) is 1. The van der Waals surface area contributed by atoms with E-state index in [2.05, 4.69) is 9.97 Å². The van der Waals surface area contributed by atoms with E-state index in [-0.39, 0.29) is 11.6 Å². The third kappa shape index (κ3) is 6.22. The maximum Gasteiger partial charge on any atom is 0.251 e. The summed E-state index contributed by atoms with van der Waals surface area (Å²) in [7, 11) is 0. The summed E-state index contributed by atoms with van der Waals surface area (Å²) < 4.78 is 0. The fourth-order valence-electron chi connectivity index (χ4n) is 2.89. The number of thioether (sulfide) groups is 1. The van der Waals surface area contributed by atoms with Gasteiger partial charge in [-0.2, -0.15) is 0 Å². The second-order valence-corrected chi connectivity index (χ2v) is 7.19. The maximum absolute atomic E-state index is 11.4. The van der Waals surface area contributed by atoms with E-state index in [4.69, 9.17) is 5.73 Å². The molecule has 0 aromatic carbocycles. The van der Waals surface area contributed by atoms with Gasteiger partial charge in [0.1, 0.15) is 0 Å². The van der Waals surface area contributed by atoms with Crippen LogP contribution in [0.25, 0.3) is 0 Å². The zero-order chi connectivity index (χ0) is 14.9. The number of aromatic amines is 1. The van der Waals surface area contributed by atoms with E-state index < -0.39 is 0 Å². The fourth-order valence-corrected chi connectivity index (χ4v) is 4.05. The Morgan fingerprint density at radius 3 is 2.33 bits per heavy atom. The van der Waals surface area contributed by atoms with Crippen LogP contribution in [-0.4, -0.2) is 21.3 Å². The van der Waals surface area contributed by atoms with Crippen molar-refractivity contribution in [3.63, 3.8) is 0 Å². The molecule has 1 fully saturated rings. The van der Waals surface area contributed by atoms with Gasteiger partial charge in [0.25, 0.3) is 5.56 Å². The standard InChI is InChI=1S/C16H27N3OS/c17-13-9-7-5-3-1-2-4-6-8-10-14(13)21-16-18-12-11-15(20)19-16/h11-14H,1-10,17H2,(H,18,19,20). The van der Waals surface area contributed by atoms with Crippen LogP contribution < -0.4 is 11.3 Å². The summed E-state index contributed by atoms with van der Waals surface area (Å²) in [5, 5.41) is 1.06. The van der Waals surface area contributed by atoms with Gasteiger partial charge in [-0.1, -0.05) is 63.1 Å². The normalized spacial score (nSPS) is 25.8. The number of hydrogen-bond donors (Lipinski definition) is 2. The van der Waals surface area contributed by atoms with Crippen LogP contribution in [0.3, 0.4) is 0 Å². The van der Waals surface area contributed by atoms with Gasteiger partial charge in [-0.3, -0.25) is 4.79 Å². The largest absolute Gasteiger partial charge is 0.327 e. The summed E-state index contributed by atoms with van der Waals surface area (Å²) in [6.45, 7) is 0. The second kappa shape index (κ2) is 9.26. The number of aromatic nitrogens is 2. The number of rotatable bonds is 2. The summed E-state index contributed by atoms with van der Waals surface area (Å²) in [5.74, 6) is 0. The lowest BCUT2D eigenvalue weighted by molar-refractivity contribution is 0.473. The first kappa shape index (κ1) is 16.6. The first-order valence-corrected chi connectivity index (χ1v) is 9.11. The SMILES string of the molecule is NC1CCCCCCCCCCC1Sc1nccc(=O)[nH]1. The Bertz CT molecular complexity index is 463. The van der Waals surface area contributed by atoms with Gasteiger partial charge < -0.3 is 10.7 Å². The Labute approximate surface area is 131 Å². The van der Waals surface area contributed by atoms with Crippen LogP contribution in [0.15, 0.2) is 22.2 Å². The molecule has 3 N–H and O–H groups in total. The van der Waals surface area contributed by atoms with Gasteiger partial charge in [-0.05, 0) is 12.8 Å². The summed E-state index contributed by atoms with van der Waals surface area (Å²) >= 11 is 1.65. The van der Waals surface area contributed by atoms with E-state index in [0.717, 1.165) is 12.8 Å². The zero-order valence-electron chi connectivity index (χ0n) is 12.7. The first-order chi connectivity index (χ1) is 10.3. The van der Waals surface area contributed by atoms with Gasteiger partial charge >= 0.3 is 0 Å². The summed E-state index contributed by atoms with van der Waals surface area (Å²) in [6.07, 6.45) is 14.2. The molecule has 0 aliphatic heterocycles. The average Bonchev–Trinajstić information content (AvgIpc) is 2.46. The number of hydrogen-bond acceptors (Lipinski definition) is 4. The predicted molar refractivity (Wildman–Crippen MR) is 88.6 cm³/mol. The molecular formula is C16H27N3OS. The van der Waals surface area contributed by atoms with Crippen LogP contribution in [0.1, 0.15) is 64.2 Å². The summed E-state index contributed by atoms with van der Waals surface area (Å²) in [5.41, 5.74) is 6.32. The summed E-state index contributed by atoms with van der Waals surface area (Å²) in [4.78, 5) is 18.4. The molecule has 2 atom stereocenters. The van der Waals surface area contributed by atoms with Crippen molar-refractivity contribution in [2.24, 2.45) is 5.73 Å². The molecule has 1 saturated carbocycles. The molecular weight excluding hydrogens is 282 g/mol. The Morgan fingerprint density at radius 1 is 1.05 bits per heavy atom. The van der Waals surface area contributed by atoms with Crippen molar-refractivity contribution >= 4 is 11.8 Å². The molecule has 1 aromatic rings. The van der Waals surface area contributed by atoms with Crippen molar-refractivity contribution in [1.82, 2.24) is 9.97 Å². The van der Waals surface area contributed by atoms with Crippen molar-refractivity contribution in [1.29, 1.82) is 0 Å². The van der Waals surface area contributed by atoms with Gasteiger partial charge in [-0.25, -0.2) is 4.98 Å². The highest BCUT2D eigenvalue weighted by atomic mass is 32.2. The lowest BCUT2D eigenvalue weighted by atomic mass is 9.98. The molecule has 5 heteroatoms. The number of nitrogens with zero attached hydrogens (tertiary/aromatic N) is 1. The minimum absolute atomic E-state index is 0.0887. The molecule has 0 bridgehead atoms. The van der Waals surface area contributed by atoms with Crippen molar-refractivity contribution in [3.05, 3.63) is 22.6 Å². The van der Waals surface area contributed by atoms with E-state index in [1.54, 1.807) is 18.0 Å². The van der Waals surface area contributed by atoms with Crippen molar-refractivity contribution in [3.8, 4) is 0 Å². The molecule has 0 radical (unpaired) electrons.